The molecule has 1 aromatic rings. The maximum atomic E-state index is 12.5. The van der Waals surface area contributed by atoms with Crippen molar-refractivity contribution < 1.29 is 21.6 Å². The number of alkyl halides is 3. The molecule has 1 saturated heterocycles. The molecular weight excluding hydrogens is 387 g/mol. The van der Waals surface area contributed by atoms with E-state index in [1.165, 1.54) is 0 Å². The topological polar surface area (TPSA) is 89.4 Å². The first-order valence-electron chi connectivity index (χ1n) is 6.45. The minimum atomic E-state index is -5.26. The Balaban J connectivity index is 2.17. The van der Waals surface area contributed by atoms with Crippen molar-refractivity contribution in [3.8, 4) is 0 Å². The summed E-state index contributed by atoms with van der Waals surface area (Å²) in [6.07, 6.45) is 0.519. The average Bonchev–Trinajstić information content (AvgIpc) is 2.41. The average molecular weight is 402 g/mol. The van der Waals surface area contributed by atoms with Crippen LogP contribution in [0.15, 0.2) is 16.6 Å². The summed E-state index contributed by atoms with van der Waals surface area (Å²) >= 11 is 3.29. The predicted molar refractivity (Wildman–Crippen MR) is 81.5 cm³/mol. The number of rotatable bonds is 2. The second-order valence-corrected chi connectivity index (χ2v) is 7.97. The van der Waals surface area contributed by atoms with Crippen LogP contribution in [0.5, 0.6) is 0 Å². The number of nitrogens with zero attached hydrogens (tertiary/aromatic N) is 1. The molecule has 0 aromatic heterocycles. The predicted octanol–water partition coefficient (Wildman–Crippen LogP) is 2.64. The number of nitrogen functional groups attached to an aromatic ring is 2. The Kier molecular flexibility index (Phi) is 4.65. The van der Waals surface area contributed by atoms with Crippen LogP contribution in [-0.2, 0) is 10.0 Å². The Hall–Kier alpha value is -1.00. The van der Waals surface area contributed by atoms with E-state index in [2.05, 4.69) is 15.9 Å². The number of nitrogens with two attached hydrogens (primary N) is 2. The zero-order chi connectivity index (χ0) is 16.7. The zero-order valence-corrected chi connectivity index (χ0v) is 13.8. The SMILES string of the molecule is Nc1cc(Br)cc(C2CCN(S(=O)(=O)C(F)(F)F)CC2)c1N. The molecule has 0 unspecified atom stereocenters. The molecule has 0 bridgehead atoms. The van der Waals surface area contributed by atoms with Crippen LogP contribution < -0.4 is 11.5 Å². The molecule has 0 aliphatic carbocycles. The minimum absolute atomic E-state index is 0.125. The van der Waals surface area contributed by atoms with Gasteiger partial charge in [-0.1, -0.05) is 15.9 Å². The van der Waals surface area contributed by atoms with E-state index in [9.17, 15) is 21.6 Å². The molecule has 1 aromatic carbocycles. The van der Waals surface area contributed by atoms with Crippen molar-refractivity contribution in [3.63, 3.8) is 0 Å². The van der Waals surface area contributed by atoms with E-state index in [4.69, 9.17) is 11.5 Å². The molecular formula is C12H15BrF3N3O2S. The van der Waals surface area contributed by atoms with Crippen LogP contribution in [-0.4, -0.2) is 31.3 Å². The highest BCUT2D eigenvalue weighted by atomic mass is 79.9. The van der Waals surface area contributed by atoms with Crippen LogP contribution in [0.25, 0.3) is 0 Å². The number of piperidine rings is 1. The number of anilines is 2. The number of hydrogen-bond acceptors (Lipinski definition) is 4. The number of sulfonamides is 1. The maximum Gasteiger partial charge on any atom is 0.511 e. The Bertz CT molecular complexity index is 671. The molecule has 0 spiro atoms. The first kappa shape index (κ1) is 17.4. The Morgan fingerprint density at radius 1 is 1.18 bits per heavy atom. The second-order valence-electron chi connectivity index (χ2n) is 5.12. The fraction of sp³-hybridized carbons (Fsp3) is 0.500. The van der Waals surface area contributed by atoms with Gasteiger partial charge in [-0.05, 0) is 36.5 Å². The van der Waals surface area contributed by atoms with E-state index >= 15 is 0 Å². The van der Waals surface area contributed by atoms with Gasteiger partial charge in [0.15, 0.2) is 0 Å². The second kappa shape index (κ2) is 5.89. The largest absolute Gasteiger partial charge is 0.511 e. The summed E-state index contributed by atoms with van der Waals surface area (Å²) in [6, 6.07) is 3.41. The lowest BCUT2D eigenvalue weighted by Gasteiger charge is -2.32. The van der Waals surface area contributed by atoms with Crippen LogP contribution in [0.1, 0.15) is 24.3 Å². The number of benzene rings is 1. The Morgan fingerprint density at radius 2 is 1.73 bits per heavy atom. The molecule has 0 amide bonds. The zero-order valence-electron chi connectivity index (χ0n) is 11.4. The fourth-order valence-corrected chi connectivity index (χ4v) is 4.03. The van der Waals surface area contributed by atoms with Crippen molar-refractivity contribution in [3.05, 3.63) is 22.2 Å². The fourth-order valence-electron chi connectivity index (χ4n) is 2.55. The van der Waals surface area contributed by atoms with Crippen LogP contribution in [0, 0.1) is 0 Å². The van der Waals surface area contributed by atoms with Gasteiger partial charge in [-0.3, -0.25) is 0 Å². The number of halogens is 4. The summed E-state index contributed by atoms with van der Waals surface area (Å²) in [7, 11) is -5.26. The molecule has 10 heteroatoms. The third kappa shape index (κ3) is 3.18. The highest BCUT2D eigenvalue weighted by molar-refractivity contribution is 9.10. The van der Waals surface area contributed by atoms with Gasteiger partial charge >= 0.3 is 15.5 Å². The van der Waals surface area contributed by atoms with Gasteiger partial charge in [-0.25, -0.2) is 8.42 Å². The molecule has 4 N–H and O–H groups in total. The first-order chi connectivity index (χ1) is 10.0. The third-order valence-corrected chi connectivity index (χ3v) is 5.82. The van der Waals surface area contributed by atoms with Crippen molar-refractivity contribution in [2.45, 2.75) is 24.3 Å². The first-order valence-corrected chi connectivity index (χ1v) is 8.68. The highest BCUT2D eigenvalue weighted by Crippen LogP contribution is 2.38. The van der Waals surface area contributed by atoms with E-state index in [0.29, 0.717) is 15.7 Å². The Labute approximate surface area is 134 Å². The normalized spacial score (nSPS) is 18.5. The van der Waals surface area contributed by atoms with Crippen molar-refractivity contribution >= 4 is 37.3 Å². The molecule has 5 nitrogen and oxygen atoms in total. The molecule has 1 heterocycles. The van der Waals surface area contributed by atoms with E-state index in [0.717, 1.165) is 10.0 Å². The quantitative estimate of drug-likeness (QED) is 0.745. The lowest BCUT2D eigenvalue weighted by atomic mass is 9.89. The Morgan fingerprint density at radius 3 is 2.23 bits per heavy atom. The molecule has 1 aliphatic heterocycles. The summed E-state index contributed by atoms with van der Waals surface area (Å²) < 4.78 is 61.6. The van der Waals surface area contributed by atoms with Crippen LogP contribution in [0.2, 0.25) is 0 Å². The monoisotopic (exact) mass is 401 g/mol. The van der Waals surface area contributed by atoms with Gasteiger partial charge in [0.1, 0.15) is 0 Å². The van der Waals surface area contributed by atoms with E-state index < -0.39 is 15.5 Å². The van der Waals surface area contributed by atoms with Gasteiger partial charge in [0, 0.05) is 17.6 Å². The lowest BCUT2D eigenvalue weighted by molar-refractivity contribution is -0.0494. The van der Waals surface area contributed by atoms with Crippen molar-refractivity contribution in [2.75, 3.05) is 24.6 Å². The molecule has 2 rings (SSSR count). The molecule has 0 atom stereocenters. The molecule has 1 aliphatic rings. The highest BCUT2D eigenvalue weighted by Gasteiger charge is 2.50. The summed E-state index contributed by atoms with van der Waals surface area (Å²) in [5.41, 5.74) is 7.93. The molecule has 22 heavy (non-hydrogen) atoms. The van der Waals surface area contributed by atoms with Gasteiger partial charge in [0.05, 0.1) is 11.4 Å². The molecule has 0 radical (unpaired) electrons. The van der Waals surface area contributed by atoms with Gasteiger partial charge in [0.2, 0.25) is 0 Å². The van der Waals surface area contributed by atoms with Crippen molar-refractivity contribution in [1.82, 2.24) is 4.31 Å². The molecule has 124 valence electrons. The van der Waals surface area contributed by atoms with Crippen LogP contribution in [0.4, 0.5) is 24.5 Å². The van der Waals surface area contributed by atoms with Crippen LogP contribution >= 0.6 is 15.9 Å². The third-order valence-electron chi connectivity index (χ3n) is 3.73. The molecule has 1 fully saturated rings. The summed E-state index contributed by atoms with van der Waals surface area (Å²) in [5, 5.41) is 0. The molecule has 0 saturated carbocycles. The summed E-state index contributed by atoms with van der Waals surface area (Å²) in [4.78, 5) is 0. The smallest absolute Gasteiger partial charge is 0.397 e. The van der Waals surface area contributed by atoms with Crippen LogP contribution in [0.3, 0.4) is 0 Å². The summed E-state index contributed by atoms with van der Waals surface area (Å²) in [5.74, 6) is -0.125. The van der Waals surface area contributed by atoms with Gasteiger partial charge in [0.25, 0.3) is 0 Å². The van der Waals surface area contributed by atoms with Gasteiger partial charge in [-0.2, -0.15) is 17.5 Å². The van der Waals surface area contributed by atoms with E-state index in [1.54, 1.807) is 12.1 Å². The van der Waals surface area contributed by atoms with Gasteiger partial charge in [-0.15, -0.1) is 0 Å². The van der Waals surface area contributed by atoms with Crippen molar-refractivity contribution in [1.29, 1.82) is 0 Å². The standard InChI is InChI=1S/C12H15BrF3N3O2S/c13-8-5-9(11(18)10(17)6-8)7-1-3-19(4-2-7)22(20,21)12(14,15)16/h5-7H,1-4,17-18H2. The lowest BCUT2D eigenvalue weighted by Crippen LogP contribution is -2.44. The minimum Gasteiger partial charge on any atom is -0.397 e. The van der Waals surface area contributed by atoms with E-state index in [1.807, 2.05) is 0 Å². The number of hydrogen-bond donors (Lipinski definition) is 2. The van der Waals surface area contributed by atoms with E-state index in [-0.39, 0.29) is 31.8 Å². The maximum absolute atomic E-state index is 12.5. The summed E-state index contributed by atoms with van der Waals surface area (Å²) in [6.45, 7) is -0.392. The van der Waals surface area contributed by atoms with Gasteiger partial charge < -0.3 is 11.5 Å². The van der Waals surface area contributed by atoms with Crippen molar-refractivity contribution in [2.24, 2.45) is 0 Å².